The van der Waals surface area contributed by atoms with E-state index in [2.05, 4.69) is 10.6 Å². The molecular weight excluding hydrogens is 290 g/mol. The van der Waals surface area contributed by atoms with E-state index in [1.165, 1.54) is 0 Å². The maximum absolute atomic E-state index is 11.7. The SMILES string of the molecule is CC1(NC(=O)N[C@H](CC(N)=O)C(=O)O)CCS(=O)(=O)C1. The summed E-state index contributed by atoms with van der Waals surface area (Å²) in [5.41, 5.74) is 3.93. The van der Waals surface area contributed by atoms with Gasteiger partial charge in [0, 0.05) is 0 Å². The summed E-state index contributed by atoms with van der Waals surface area (Å²) in [6.07, 6.45) is -0.298. The van der Waals surface area contributed by atoms with Crippen molar-refractivity contribution in [2.45, 2.75) is 31.3 Å². The van der Waals surface area contributed by atoms with E-state index in [1.54, 1.807) is 6.92 Å². The lowest BCUT2D eigenvalue weighted by molar-refractivity contribution is -0.140. The van der Waals surface area contributed by atoms with Crippen LogP contribution in [0.4, 0.5) is 4.79 Å². The molecule has 114 valence electrons. The molecule has 0 aliphatic carbocycles. The molecule has 0 spiro atoms. The summed E-state index contributed by atoms with van der Waals surface area (Å²) in [6.45, 7) is 1.56. The molecule has 0 saturated carbocycles. The van der Waals surface area contributed by atoms with Crippen LogP contribution in [-0.4, -0.2) is 54.5 Å². The van der Waals surface area contributed by atoms with Crippen molar-refractivity contribution < 1.29 is 27.9 Å². The van der Waals surface area contributed by atoms with Crippen LogP contribution in [0.25, 0.3) is 0 Å². The Morgan fingerprint density at radius 3 is 2.40 bits per heavy atom. The van der Waals surface area contributed by atoms with Crippen molar-refractivity contribution in [2.24, 2.45) is 5.73 Å². The van der Waals surface area contributed by atoms with Crippen LogP contribution in [-0.2, 0) is 19.4 Å². The van der Waals surface area contributed by atoms with Crippen LogP contribution in [0.1, 0.15) is 19.8 Å². The molecule has 1 heterocycles. The third kappa shape index (κ3) is 4.68. The second kappa shape index (κ2) is 5.65. The highest BCUT2D eigenvalue weighted by atomic mass is 32.2. The minimum Gasteiger partial charge on any atom is -0.480 e. The fourth-order valence-electron chi connectivity index (χ4n) is 1.98. The monoisotopic (exact) mass is 307 g/mol. The summed E-state index contributed by atoms with van der Waals surface area (Å²) >= 11 is 0. The van der Waals surface area contributed by atoms with Gasteiger partial charge in [-0.1, -0.05) is 0 Å². The minimum atomic E-state index is -3.20. The second-order valence-corrected chi connectivity index (χ2v) is 7.25. The van der Waals surface area contributed by atoms with E-state index >= 15 is 0 Å². The first-order chi connectivity index (χ1) is 9.03. The lowest BCUT2D eigenvalue weighted by Crippen LogP contribution is -2.55. The van der Waals surface area contributed by atoms with Crippen LogP contribution in [0, 0.1) is 0 Å². The first kappa shape index (κ1) is 16.2. The Morgan fingerprint density at radius 2 is 2.00 bits per heavy atom. The number of carboxylic acid groups (broad SMARTS) is 1. The van der Waals surface area contributed by atoms with E-state index in [1.807, 2.05) is 0 Å². The molecule has 9 nitrogen and oxygen atoms in total. The molecule has 20 heavy (non-hydrogen) atoms. The van der Waals surface area contributed by atoms with E-state index in [9.17, 15) is 22.8 Å². The number of aliphatic carboxylic acids is 1. The zero-order valence-corrected chi connectivity index (χ0v) is 11.7. The highest BCUT2D eigenvalue weighted by Gasteiger charge is 2.40. The number of rotatable bonds is 5. The Labute approximate surface area is 115 Å². The Bertz CT molecular complexity index is 531. The highest BCUT2D eigenvalue weighted by Crippen LogP contribution is 2.22. The maximum atomic E-state index is 11.7. The average Bonchev–Trinajstić information content (AvgIpc) is 2.50. The quantitative estimate of drug-likeness (QED) is 0.469. The number of carbonyl (C=O) groups is 3. The molecule has 1 aliphatic heterocycles. The molecule has 1 unspecified atom stereocenters. The van der Waals surface area contributed by atoms with Gasteiger partial charge in [0.05, 0.1) is 23.5 Å². The Balaban J connectivity index is 2.63. The number of amides is 3. The van der Waals surface area contributed by atoms with Gasteiger partial charge in [-0.25, -0.2) is 18.0 Å². The highest BCUT2D eigenvalue weighted by molar-refractivity contribution is 7.91. The fraction of sp³-hybridized carbons (Fsp3) is 0.700. The third-order valence-electron chi connectivity index (χ3n) is 2.93. The molecule has 0 radical (unpaired) electrons. The van der Waals surface area contributed by atoms with Crippen molar-refractivity contribution in [1.29, 1.82) is 0 Å². The molecule has 10 heteroatoms. The van der Waals surface area contributed by atoms with Gasteiger partial charge in [-0.05, 0) is 13.3 Å². The number of carboxylic acids is 1. The minimum absolute atomic E-state index is 0.0343. The number of hydrogen-bond donors (Lipinski definition) is 4. The normalized spacial score (nSPS) is 25.6. The van der Waals surface area contributed by atoms with Gasteiger partial charge in [0.1, 0.15) is 6.04 Å². The van der Waals surface area contributed by atoms with E-state index < -0.39 is 45.7 Å². The molecule has 0 aromatic rings. The summed E-state index contributed by atoms with van der Waals surface area (Å²) in [5.74, 6) is -2.51. The number of carbonyl (C=O) groups excluding carboxylic acids is 2. The molecule has 0 aromatic carbocycles. The molecule has 1 saturated heterocycles. The van der Waals surface area contributed by atoms with E-state index in [-0.39, 0.29) is 17.9 Å². The van der Waals surface area contributed by atoms with Crippen LogP contribution in [0.5, 0.6) is 0 Å². The summed E-state index contributed by atoms with van der Waals surface area (Å²) in [4.78, 5) is 33.2. The first-order valence-electron chi connectivity index (χ1n) is 5.83. The predicted octanol–water partition coefficient (Wildman–Crippen LogP) is -1.81. The van der Waals surface area contributed by atoms with Crippen molar-refractivity contribution in [3.8, 4) is 0 Å². The van der Waals surface area contributed by atoms with Gasteiger partial charge in [-0.15, -0.1) is 0 Å². The van der Waals surface area contributed by atoms with Crippen LogP contribution in [0.3, 0.4) is 0 Å². The summed E-state index contributed by atoms with van der Waals surface area (Å²) in [7, 11) is -3.20. The van der Waals surface area contributed by atoms with Gasteiger partial charge in [0.2, 0.25) is 5.91 Å². The fourth-order valence-corrected chi connectivity index (χ4v) is 4.07. The molecule has 3 amide bonds. The number of urea groups is 1. The average molecular weight is 307 g/mol. The molecule has 2 atom stereocenters. The maximum Gasteiger partial charge on any atom is 0.326 e. The van der Waals surface area contributed by atoms with E-state index in [4.69, 9.17) is 10.8 Å². The second-order valence-electron chi connectivity index (χ2n) is 5.06. The summed E-state index contributed by atoms with van der Waals surface area (Å²) < 4.78 is 22.8. The van der Waals surface area contributed by atoms with Gasteiger partial charge in [-0.2, -0.15) is 0 Å². The molecule has 1 aliphatic rings. The van der Waals surface area contributed by atoms with Crippen LogP contribution in [0.15, 0.2) is 0 Å². The molecule has 1 fully saturated rings. The summed E-state index contributed by atoms with van der Waals surface area (Å²) in [5, 5.41) is 13.3. The van der Waals surface area contributed by atoms with Gasteiger partial charge >= 0.3 is 12.0 Å². The topological polar surface area (TPSA) is 156 Å². The molecule has 5 N–H and O–H groups in total. The van der Waals surface area contributed by atoms with Crippen LogP contribution in [0.2, 0.25) is 0 Å². The van der Waals surface area contributed by atoms with Crippen LogP contribution < -0.4 is 16.4 Å². The Morgan fingerprint density at radius 1 is 1.40 bits per heavy atom. The molecule has 0 aromatic heterocycles. The van der Waals surface area contributed by atoms with Gasteiger partial charge < -0.3 is 21.5 Å². The zero-order valence-electron chi connectivity index (χ0n) is 10.9. The zero-order chi connectivity index (χ0) is 15.6. The van der Waals surface area contributed by atoms with Crippen molar-refractivity contribution >= 4 is 27.7 Å². The Hall–Kier alpha value is -1.84. The van der Waals surface area contributed by atoms with Gasteiger partial charge in [0.15, 0.2) is 9.84 Å². The van der Waals surface area contributed by atoms with Gasteiger partial charge in [-0.3, -0.25) is 4.79 Å². The Kier molecular flexibility index (Phi) is 4.58. The van der Waals surface area contributed by atoms with Crippen LogP contribution >= 0.6 is 0 Å². The molecule has 0 bridgehead atoms. The predicted molar refractivity (Wildman–Crippen MR) is 68.6 cm³/mol. The summed E-state index contributed by atoms with van der Waals surface area (Å²) in [6, 6.07) is -2.30. The van der Waals surface area contributed by atoms with Crippen molar-refractivity contribution in [2.75, 3.05) is 11.5 Å². The number of primary amides is 1. The van der Waals surface area contributed by atoms with Gasteiger partial charge in [0.25, 0.3) is 0 Å². The van der Waals surface area contributed by atoms with Crippen molar-refractivity contribution in [3.63, 3.8) is 0 Å². The first-order valence-corrected chi connectivity index (χ1v) is 7.65. The number of nitrogens with one attached hydrogen (secondary N) is 2. The van der Waals surface area contributed by atoms with Crippen molar-refractivity contribution in [3.05, 3.63) is 0 Å². The van der Waals surface area contributed by atoms with Crippen molar-refractivity contribution in [1.82, 2.24) is 10.6 Å². The lowest BCUT2D eigenvalue weighted by atomic mass is 10.0. The van der Waals surface area contributed by atoms with E-state index in [0.717, 1.165) is 0 Å². The standard InChI is InChI=1S/C10H17N3O6S/c1-10(2-3-20(18,19)5-10)13-9(17)12-6(8(15)16)4-7(11)14/h6H,2-5H2,1H3,(H2,11,14)(H,15,16)(H2,12,13,17)/t6-,10?/m1/s1. The third-order valence-corrected chi connectivity index (χ3v) is 4.83. The molecular formula is C10H17N3O6S. The largest absolute Gasteiger partial charge is 0.480 e. The number of nitrogens with two attached hydrogens (primary N) is 1. The molecule has 1 rings (SSSR count). The number of sulfone groups is 1. The smallest absolute Gasteiger partial charge is 0.326 e. The number of hydrogen-bond acceptors (Lipinski definition) is 5. The van der Waals surface area contributed by atoms with E-state index in [0.29, 0.717) is 0 Å². The lowest BCUT2D eigenvalue weighted by Gasteiger charge is -2.25.